The van der Waals surface area contributed by atoms with Gasteiger partial charge >= 0.3 is 0 Å². The molecular formula is C18H22N4O3. The molecule has 0 bridgehead atoms. The fraction of sp³-hybridized carbons (Fsp3) is 0.389. The number of methoxy groups -OCH3 is 1. The van der Waals surface area contributed by atoms with Crippen molar-refractivity contribution in [2.45, 2.75) is 12.7 Å². The number of carbonyl (C=O) groups is 1. The molecule has 7 heteroatoms. The van der Waals surface area contributed by atoms with Crippen molar-refractivity contribution < 1.29 is 14.3 Å². The second-order valence-corrected chi connectivity index (χ2v) is 5.78. The van der Waals surface area contributed by atoms with Crippen molar-refractivity contribution in [2.24, 2.45) is 0 Å². The largest absolute Gasteiger partial charge is 0.380 e. The van der Waals surface area contributed by atoms with Crippen LogP contribution in [0, 0.1) is 0 Å². The molecular weight excluding hydrogens is 320 g/mol. The van der Waals surface area contributed by atoms with Gasteiger partial charge in [-0.2, -0.15) is 0 Å². The Morgan fingerprint density at radius 3 is 3.04 bits per heavy atom. The zero-order valence-electron chi connectivity index (χ0n) is 14.4. The molecule has 0 unspecified atom stereocenters. The van der Waals surface area contributed by atoms with Crippen LogP contribution in [0.1, 0.15) is 27.7 Å². The summed E-state index contributed by atoms with van der Waals surface area (Å²) in [6.07, 6.45) is 2.97. The maximum Gasteiger partial charge on any atom is 0.254 e. The summed E-state index contributed by atoms with van der Waals surface area (Å²) < 4.78 is 11.0. The molecule has 1 aromatic heterocycles. The van der Waals surface area contributed by atoms with Gasteiger partial charge in [0.25, 0.3) is 5.91 Å². The van der Waals surface area contributed by atoms with Crippen LogP contribution in [0.5, 0.6) is 0 Å². The maximum absolute atomic E-state index is 12.9. The van der Waals surface area contributed by atoms with E-state index in [1.807, 2.05) is 24.3 Å². The lowest BCUT2D eigenvalue weighted by molar-refractivity contribution is -0.0245. The molecule has 0 spiro atoms. The standard InChI is InChI=1S/C18H22N4O3/c1-19-17-16(20-6-7-21-17)15-11-22(8-9-25-15)18(23)14-5-3-4-13(10-14)12-24-2/h3-7,10,15H,8-9,11-12H2,1-2H3,(H,19,21)/t15-/m0/s1. The van der Waals surface area contributed by atoms with Gasteiger partial charge in [0.15, 0.2) is 0 Å². The lowest BCUT2D eigenvalue weighted by Crippen LogP contribution is -2.42. The minimum Gasteiger partial charge on any atom is -0.380 e. The second kappa shape index (κ2) is 8.04. The number of morpholine rings is 1. The second-order valence-electron chi connectivity index (χ2n) is 5.78. The molecule has 1 N–H and O–H groups in total. The first-order valence-electron chi connectivity index (χ1n) is 8.20. The van der Waals surface area contributed by atoms with E-state index < -0.39 is 0 Å². The van der Waals surface area contributed by atoms with Gasteiger partial charge in [-0.25, -0.2) is 4.98 Å². The molecule has 7 nitrogen and oxygen atoms in total. The summed E-state index contributed by atoms with van der Waals surface area (Å²) in [6.45, 7) is 1.95. The number of anilines is 1. The third kappa shape index (κ3) is 3.94. The van der Waals surface area contributed by atoms with Crippen molar-refractivity contribution in [1.29, 1.82) is 0 Å². The molecule has 1 aliphatic rings. The first kappa shape index (κ1) is 17.3. The van der Waals surface area contributed by atoms with E-state index in [0.29, 0.717) is 37.7 Å². The average Bonchev–Trinajstić information content (AvgIpc) is 2.68. The summed E-state index contributed by atoms with van der Waals surface area (Å²) in [6, 6.07) is 7.52. The van der Waals surface area contributed by atoms with Crippen LogP contribution in [-0.2, 0) is 16.1 Å². The molecule has 0 saturated carbocycles. The zero-order chi connectivity index (χ0) is 17.6. The van der Waals surface area contributed by atoms with Crippen molar-refractivity contribution in [3.05, 3.63) is 53.5 Å². The Bertz CT molecular complexity index is 738. The van der Waals surface area contributed by atoms with Crippen molar-refractivity contribution in [1.82, 2.24) is 14.9 Å². The molecule has 132 valence electrons. The number of aromatic nitrogens is 2. The highest BCUT2D eigenvalue weighted by Gasteiger charge is 2.28. The topological polar surface area (TPSA) is 76.6 Å². The molecule has 2 heterocycles. The average molecular weight is 342 g/mol. The number of hydrogen-bond acceptors (Lipinski definition) is 6. The van der Waals surface area contributed by atoms with Gasteiger partial charge in [0.1, 0.15) is 17.6 Å². The monoisotopic (exact) mass is 342 g/mol. The smallest absolute Gasteiger partial charge is 0.254 e. The Morgan fingerprint density at radius 2 is 2.24 bits per heavy atom. The van der Waals surface area contributed by atoms with E-state index in [0.717, 1.165) is 11.3 Å². The van der Waals surface area contributed by atoms with Crippen molar-refractivity contribution >= 4 is 11.7 Å². The predicted molar refractivity (Wildman–Crippen MR) is 93.3 cm³/mol. The number of amides is 1. The molecule has 0 radical (unpaired) electrons. The van der Waals surface area contributed by atoms with E-state index >= 15 is 0 Å². The number of rotatable bonds is 5. The van der Waals surface area contributed by atoms with E-state index in [9.17, 15) is 4.79 Å². The van der Waals surface area contributed by atoms with Crippen LogP contribution in [0.15, 0.2) is 36.7 Å². The normalized spacial score (nSPS) is 17.4. The summed E-state index contributed by atoms with van der Waals surface area (Å²) in [4.78, 5) is 23.3. The summed E-state index contributed by atoms with van der Waals surface area (Å²) in [5, 5.41) is 3.02. The summed E-state index contributed by atoms with van der Waals surface area (Å²) in [5.74, 6) is 0.657. The molecule has 2 aromatic rings. The third-order valence-corrected chi connectivity index (χ3v) is 4.11. The highest BCUT2D eigenvalue weighted by atomic mass is 16.5. The highest BCUT2D eigenvalue weighted by molar-refractivity contribution is 5.94. The molecule has 25 heavy (non-hydrogen) atoms. The molecule has 1 aliphatic heterocycles. The van der Waals surface area contributed by atoms with Gasteiger partial charge in [-0.1, -0.05) is 12.1 Å². The Hall–Kier alpha value is -2.51. The fourth-order valence-electron chi connectivity index (χ4n) is 2.92. The van der Waals surface area contributed by atoms with E-state index in [1.165, 1.54) is 0 Å². The van der Waals surface area contributed by atoms with Crippen LogP contribution in [0.25, 0.3) is 0 Å². The van der Waals surface area contributed by atoms with Crippen LogP contribution in [0.2, 0.25) is 0 Å². The maximum atomic E-state index is 12.9. The van der Waals surface area contributed by atoms with Crippen LogP contribution < -0.4 is 5.32 Å². The molecule has 0 aliphatic carbocycles. The van der Waals surface area contributed by atoms with Crippen molar-refractivity contribution in [2.75, 3.05) is 39.2 Å². The number of nitrogens with zero attached hydrogens (tertiary/aromatic N) is 3. The minimum atomic E-state index is -0.295. The summed E-state index contributed by atoms with van der Waals surface area (Å²) >= 11 is 0. The summed E-state index contributed by atoms with van der Waals surface area (Å²) in [5.41, 5.74) is 2.35. The number of nitrogens with one attached hydrogen (secondary N) is 1. The van der Waals surface area contributed by atoms with Crippen LogP contribution in [0.4, 0.5) is 5.82 Å². The number of hydrogen-bond donors (Lipinski definition) is 1. The first-order chi connectivity index (χ1) is 12.2. The van der Waals surface area contributed by atoms with Gasteiger partial charge in [-0.15, -0.1) is 0 Å². The fourth-order valence-corrected chi connectivity index (χ4v) is 2.92. The van der Waals surface area contributed by atoms with Gasteiger partial charge in [0, 0.05) is 38.7 Å². The van der Waals surface area contributed by atoms with E-state index in [1.54, 1.807) is 31.5 Å². The molecule has 1 amide bonds. The van der Waals surface area contributed by atoms with E-state index in [2.05, 4.69) is 15.3 Å². The minimum absolute atomic E-state index is 0.0128. The highest BCUT2D eigenvalue weighted by Crippen LogP contribution is 2.26. The first-order valence-corrected chi connectivity index (χ1v) is 8.20. The Labute approximate surface area is 147 Å². The Kier molecular flexibility index (Phi) is 5.57. The number of ether oxygens (including phenoxy) is 2. The lowest BCUT2D eigenvalue weighted by Gasteiger charge is -2.33. The van der Waals surface area contributed by atoms with Crippen LogP contribution in [0.3, 0.4) is 0 Å². The van der Waals surface area contributed by atoms with Gasteiger partial charge in [-0.3, -0.25) is 9.78 Å². The van der Waals surface area contributed by atoms with Crippen molar-refractivity contribution in [3.63, 3.8) is 0 Å². The number of benzene rings is 1. The third-order valence-electron chi connectivity index (χ3n) is 4.11. The van der Waals surface area contributed by atoms with Gasteiger partial charge in [-0.05, 0) is 17.7 Å². The predicted octanol–water partition coefficient (Wildman–Crippen LogP) is 1.88. The van der Waals surface area contributed by atoms with Crippen LogP contribution in [-0.4, -0.2) is 54.6 Å². The quantitative estimate of drug-likeness (QED) is 0.894. The van der Waals surface area contributed by atoms with E-state index in [-0.39, 0.29) is 12.0 Å². The van der Waals surface area contributed by atoms with E-state index in [4.69, 9.17) is 9.47 Å². The number of carbonyl (C=O) groups excluding carboxylic acids is 1. The lowest BCUT2D eigenvalue weighted by atomic mass is 10.1. The molecule has 1 aromatic carbocycles. The van der Waals surface area contributed by atoms with Gasteiger partial charge in [0.05, 0.1) is 19.8 Å². The van der Waals surface area contributed by atoms with Gasteiger partial charge in [0.2, 0.25) is 0 Å². The summed E-state index contributed by atoms with van der Waals surface area (Å²) in [7, 11) is 3.43. The zero-order valence-corrected chi connectivity index (χ0v) is 14.4. The molecule has 1 atom stereocenters. The van der Waals surface area contributed by atoms with Crippen LogP contribution >= 0.6 is 0 Å². The Balaban J connectivity index is 1.77. The molecule has 3 rings (SSSR count). The molecule has 1 fully saturated rings. The van der Waals surface area contributed by atoms with Gasteiger partial charge < -0.3 is 19.7 Å². The SMILES string of the molecule is CNc1nccnc1[C@@H]1CN(C(=O)c2cccc(COC)c2)CCO1. The van der Waals surface area contributed by atoms with Crippen molar-refractivity contribution in [3.8, 4) is 0 Å². The Morgan fingerprint density at radius 1 is 1.40 bits per heavy atom. The molecule has 1 saturated heterocycles.